The topological polar surface area (TPSA) is 46.2 Å². The monoisotopic (exact) mass is 407 g/mol. The fraction of sp³-hybridized carbons (Fsp3) is 0.0769. The van der Waals surface area contributed by atoms with Crippen molar-refractivity contribution in [3.63, 3.8) is 0 Å². The highest BCUT2D eigenvalue weighted by molar-refractivity contribution is 9.10. The van der Waals surface area contributed by atoms with Crippen molar-refractivity contribution < 1.29 is 9.50 Å². The summed E-state index contributed by atoms with van der Waals surface area (Å²) >= 11 is 12.2. The number of hydrogen-bond donors (Lipinski definition) is 2. The maximum absolute atomic E-state index is 14.1. The van der Waals surface area contributed by atoms with Crippen molar-refractivity contribution in [2.24, 2.45) is 0 Å². The Labute approximate surface area is 131 Å². The Hall–Kier alpha value is -0.620. The molecule has 2 aromatic rings. The van der Waals surface area contributed by atoms with Crippen LogP contribution in [-0.4, -0.2) is 5.11 Å². The summed E-state index contributed by atoms with van der Waals surface area (Å²) in [4.78, 5) is 0. The van der Waals surface area contributed by atoms with Gasteiger partial charge >= 0.3 is 0 Å². The third kappa shape index (κ3) is 2.94. The van der Waals surface area contributed by atoms with Crippen molar-refractivity contribution in [1.29, 1.82) is 0 Å². The number of aliphatic hydroxyl groups excluding tert-OH is 1. The fourth-order valence-electron chi connectivity index (χ4n) is 1.70. The summed E-state index contributed by atoms with van der Waals surface area (Å²) in [6.07, 6.45) is -1.18. The normalized spacial score (nSPS) is 12.5. The van der Waals surface area contributed by atoms with Gasteiger partial charge in [-0.2, -0.15) is 0 Å². The molecule has 2 aromatic carbocycles. The Morgan fingerprint density at radius 1 is 1.16 bits per heavy atom. The predicted molar refractivity (Wildman–Crippen MR) is 81.7 cm³/mol. The van der Waals surface area contributed by atoms with E-state index in [0.29, 0.717) is 15.7 Å². The van der Waals surface area contributed by atoms with E-state index in [2.05, 4.69) is 31.9 Å². The van der Waals surface area contributed by atoms with Gasteiger partial charge in [0.2, 0.25) is 0 Å². The average molecular weight is 409 g/mol. The van der Waals surface area contributed by atoms with E-state index in [1.54, 1.807) is 24.3 Å². The van der Waals surface area contributed by atoms with Crippen molar-refractivity contribution >= 4 is 49.1 Å². The highest BCUT2D eigenvalue weighted by atomic mass is 79.9. The van der Waals surface area contributed by atoms with E-state index in [0.717, 1.165) is 4.47 Å². The second-order valence-corrected chi connectivity index (χ2v) is 6.09. The zero-order chi connectivity index (χ0) is 14.2. The van der Waals surface area contributed by atoms with Crippen LogP contribution in [0.1, 0.15) is 17.2 Å². The van der Waals surface area contributed by atoms with Gasteiger partial charge in [-0.15, -0.1) is 0 Å². The number of anilines is 1. The lowest BCUT2D eigenvalue weighted by molar-refractivity contribution is 0.215. The van der Waals surface area contributed by atoms with Crippen LogP contribution in [0.15, 0.2) is 39.3 Å². The van der Waals surface area contributed by atoms with Crippen LogP contribution >= 0.6 is 43.5 Å². The van der Waals surface area contributed by atoms with Gasteiger partial charge in [0.1, 0.15) is 11.9 Å². The van der Waals surface area contributed by atoms with Gasteiger partial charge in [-0.3, -0.25) is 0 Å². The highest BCUT2D eigenvalue weighted by Gasteiger charge is 2.20. The Balaban J connectivity index is 2.53. The van der Waals surface area contributed by atoms with Gasteiger partial charge in [-0.05, 0) is 40.2 Å². The lowest BCUT2D eigenvalue weighted by atomic mass is 9.99. The highest BCUT2D eigenvalue weighted by Crippen LogP contribution is 2.35. The van der Waals surface area contributed by atoms with E-state index in [9.17, 15) is 9.50 Å². The summed E-state index contributed by atoms with van der Waals surface area (Å²) in [6.45, 7) is 0. The van der Waals surface area contributed by atoms with Gasteiger partial charge in [0, 0.05) is 25.8 Å². The smallest absolute Gasteiger partial charge is 0.149 e. The van der Waals surface area contributed by atoms with Gasteiger partial charge in [0.05, 0.1) is 5.02 Å². The van der Waals surface area contributed by atoms with Crippen molar-refractivity contribution in [1.82, 2.24) is 0 Å². The minimum atomic E-state index is -1.18. The molecule has 19 heavy (non-hydrogen) atoms. The second-order valence-electron chi connectivity index (χ2n) is 3.94. The first-order chi connectivity index (χ1) is 8.91. The maximum atomic E-state index is 14.1. The van der Waals surface area contributed by atoms with Crippen molar-refractivity contribution in [2.45, 2.75) is 6.10 Å². The number of benzene rings is 2. The van der Waals surface area contributed by atoms with E-state index < -0.39 is 11.9 Å². The van der Waals surface area contributed by atoms with Gasteiger partial charge in [0.15, 0.2) is 0 Å². The van der Waals surface area contributed by atoms with E-state index >= 15 is 0 Å². The number of nitrogen functional groups attached to an aromatic ring is 1. The molecule has 1 atom stereocenters. The maximum Gasteiger partial charge on any atom is 0.149 e. The van der Waals surface area contributed by atoms with Crippen LogP contribution < -0.4 is 5.73 Å². The molecule has 1 unspecified atom stereocenters. The average Bonchev–Trinajstić information content (AvgIpc) is 2.38. The summed E-state index contributed by atoms with van der Waals surface area (Å²) < 4.78 is 15.2. The molecule has 0 aliphatic rings. The zero-order valence-electron chi connectivity index (χ0n) is 9.50. The number of nitrogens with two attached hydrogens (primary N) is 1. The minimum Gasteiger partial charge on any atom is -0.398 e. The van der Waals surface area contributed by atoms with Crippen LogP contribution in [0.2, 0.25) is 5.02 Å². The molecule has 0 saturated heterocycles. The number of aliphatic hydroxyl groups is 1. The lowest BCUT2D eigenvalue weighted by Gasteiger charge is -2.16. The minimum absolute atomic E-state index is 0.0647. The summed E-state index contributed by atoms with van der Waals surface area (Å²) in [6, 6.07) is 8.08. The standard InChI is InChI=1S/C13H9Br2ClFNO/c14-6-1-4-10(18)8(5-6)13(19)7-2-3-9(15)11(16)12(7)17/h1-5,13,19H,18H2. The van der Waals surface area contributed by atoms with Crippen molar-refractivity contribution in [3.8, 4) is 0 Å². The molecule has 0 heterocycles. The molecule has 0 spiro atoms. The lowest BCUT2D eigenvalue weighted by Crippen LogP contribution is -2.06. The van der Waals surface area contributed by atoms with E-state index in [-0.39, 0.29) is 10.6 Å². The van der Waals surface area contributed by atoms with Crippen LogP contribution in [0, 0.1) is 5.82 Å². The molecule has 0 aliphatic heterocycles. The van der Waals surface area contributed by atoms with Gasteiger partial charge < -0.3 is 10.8 Å². The third-order valence-electron chi connectivity index (χ3n) is 2.70. The van der Waals surface area contributed by atoms with Crippen LogP contribution in [0.3, 0.4) is 0 Å². The van der Waals surface area contributed by atoms with Crippen LogP contribution in [-0.2, 0) is 0 Å². The van der Waals surface area contributed by atoms with Crippen LogP contribution in [0.25, 0.3) is 0 Å². The van der Waals surface area contributed by atoms with Crippen molar-refractivity contribution in [3.05, 3.63) is 61.2 Å². The fourth-order valence-corrected chi connectivity index (χ4v) is 2.56. The Kier molecular flexibility index (Phi) is 4.50. The first-order valence-electron chi connectivity index (χ1n) is 5.28. The van der Waals surface area contributed by atoms with E-state index in [1.807, 2.05) is 0 Å². The first kappa shape index (κ1) is 14.8. The quantitative estimate of drug-likeness (QED) is 0.559. The molecule has 0 saturated carbocycles. The van der Waals surface area contributed by atoms with Gasteiger partial charge in [-0.1, -0.05) is 33.6 Å². The molecule has 0 aromatic heterocycles. The van der Waals surface area contributed by atoms with Gasteiger partial charge in [0.25, 0.3) is 0 Å². The molecule has 0 amide bonds. The Bertz CT molecular complexity index is 636. The summed E-state index contributed by atoms with van der Waals surface area (Å²) in [5.74, 6) is -0.664. The number of hydrogen-bond acceptors (Lipinski definition) is 2. The molecular weight excluding hydrogens is 400 g/mol. The molecule has 0 radical (unpaired) electrons. The summed E-state index contributed by atoms with van der Waals surface area (Å²) in [5, 5.41) is 10.2. The summed E-state index contributed by atoms with van der Waals surface area (Å²) in [5.41, 5.74) is 6.69. The predicted octanol–water partition coefficient (Wildman–Crippen LogP) is 4.67. The molecule has 100 valence electrons. The van der Waals surface area contributed by atoms with Crippen LogP contribution in [0.4, 0.5) is 10.1 Å². The molecule has 3 N–H and O–H groups in total. The third-order valence-corrected chi connectivity index (χ3v) is 4.45. The van der Waals surface area contributed by atoms with Gasteiger partial charge in [-0.25, -0.2) is 4.39 Å². The largest absolute Gasteiger partial charge is 0.398 e. The molecule has 0 fully saturated rings. The van der Waals surface area contributed by atoms with E-state index in [4.69, 9.17) is 17.3 Å². The molecular formula is C13H9Br2ClFNO. The Morgan fingerprint density at radius 3 is 2.53 bits per heavy atom. The SMILES string of the molecule is Nc1ccc(Br)cc1C(O)c1ccc(Br)c(Cl)c1F. The number of rotatable bonds is 2. The molecule has 2 rings (SSSR count). The molecule has 0 aliphatic carbocycles. The van der Waals surface area contributed by atoms with Crippen LogP contribution in [0.5, 0.6) is 0 Å². The number of halogens is 4. The first-order valence-corrected chi connectivity index (χ1v) is 7.24. The molecule has 6 heteroatoms. The zero-order valence-corrected chi connectivity index (χ0v) is 13.4. The molecule has 2 nitrogen and oxygen atoms in total. The second kappa shape index (κ2) is 5.79. The Morgan fingerprint density at radius 2 is 1.84 bits per heavy atom. The summed E-state index contributed by atoms with van der Waals surface area (Å²) in [7, 11) is 0. The van der Waals surface area contributed by atoms with Crippen molar-refractivity contribution in [2.75, 3.05) is 5.73 Å². The molecule has 0 bridgehead atoms. The van der Waals surface area contributed by atoms with E-state index in [1.165, 1.54) is 6.07 Å².